The van der Waals surface area contributed by atoms with Crippen molar-refractivity contribution >= 4 is 17.9 Å². The van der Waals surface area contributed by atoms with E-state index in [2.05, 4.69) is 0 Å². The van der Waals surface area contributed by atoms with Gasteiger partial charge in [-0.2, -0.15) is 5.26 Å². The summed E-state index contributed by atoms with van der Waals surface area (Å²) in [6.07, 6.45) is 2.35. The van der Waals surface area contributed by atoms with Crippen LogP contribution in [-0.2, 0) is 0 Å². The molecule has 0 unspecified atom stereocenters. The van der Waals surface area contributed by atoms with Crippen LogP contribution in [0.25, 0.3) is 11.1 Å². The molecule has 0 aliphatic heterocycles. The minimum atomic E-state index is -1.01. The molecule has 0 aliphatic carbocycles. The van der Waals surface area contributed by atoms with Crippen LogP contribution in [-0.4, -0.2) is 46.4 Å². The highest BCUT2D eigenvalue weighted by atomic mass is 16.4. The van der Waals surface area contributed by atoms with Crippen LogP contribution in [0.5, 0.6) is 0 Å². The van der Waals surface area contributed by atoms with Gasteiger partial charge in [0.1, 0.15) is 0 Å². The third-order valence-corrected chi connectivity index (χ3v) is 4.77. The number of imide groups is 1. The molecule has 0 saturated carbocycles. The quantitative estimate of drug-likeness (QED) is 0.565. The van der Waals surface area contributed by atoms with E-state index >= 15 is 0 Å². The lowest BCUT2D eigenvalue weighted by Gasteiger charge is -2.24. The molecule has 0 bridgehead atoms. The number of carboxylic acids is 1. The fraction of sp³-hybridized carbons (Fsp3) is 0.304. The molecule has 2 aromatic rings. The van der Waals surface area contributed by atoms with Crippen LogP contribution in [0.2, 0.25) is 0 Å². The Hall–Kier alpha value is -3.66. The Labute approximate surface area is 176 Å². The molecule has 3 amide bonds. The van der Waals surface area contributed by atoms with Crippen molar-refractivity contribution in [2.45, 2.75) is 27.2 Å². The predicted molar refractivity (Wildman–Crippen MR) is 113 cm³/mol. The normalized spacial score (nSPS) is 10.4. The van der Waals surface area contributed by atoms with Gasteiger partial charge in [-0.15, -0.1) is 0 Å². The Morgan fingerprint density at radius 1 is 1.07 bits per heavy atom. The predicted octanol–water partition coefficient (Wildman–Crippen LogP) is 4.38. The number of nitrogens with zero attached hydrogens (tertiary/aromatic N) is 3. The van der Waals surface area contributed by atoms with E-state index in [9.17, 15) is 19.5 Å². The zero-order valence-corrected chi connectivity index (χ0v) is 17.5. The summed E-state index contributed by atoms with van der Waals surface area (Å²) in [7, 11) is 1.32. The fourth-order valence-corrected chi connectivity index (χ4v) is 2.91. The summed E-state index contributed by atoms with van der Waals surface area (Å²) in [5.41, 5.74) is 2.92. The molecule has 0 spiro atoms. The van der Waals surface area contributed by atoms with Gasteiger partial charge in [-0.3, -0.25) is 9.69 Å². The number of amides is 3. The van der Waals surface area contributed by atoms with E-state index in [0.717, 1.165) is 26.5 Å². The van der Waals surface area contributed by atoms with Crippen LogP contribution in [0.15, 0.2) is 42.5 Å². The Bertz CT molecular complexity index is 990. The molecular weight excluding hydrogens is 382 g/mol. The third-order valence-electron chi connectivity index (χ3n) is 4.77. The molecule has 0 atom stereocenters. The first kappa shape index (κ1) is 22.6. The summed E-state index contributed by atoms with van der Waals surface area (Å²) in [5.74, 6) is -1.21. The number of carbonyl (C=O) groups excluding carboxylic acids is 2. The highest BCUT2D eigenvalue weighted by Crippen LogP contribution is 2.25. The van der Waals surface area contributed by atoms with E-state index in [1.165, 1.54) is 7.05 Å². The Kier molecular flexibility index (Phi) is 7.32. The van der Waals surface area contributed by atoms with E-state index in [1.54, 1.807) is 48.7 Å². The summed E-state index contributed by atoms with van der Waals surface area (Å²) >= 11 is 0. The van der Waals surface area contributed by atoms with Crippen molar-refractivity contribution in [1.82, 2.24) is 9.80 Å². The number of aromatic carboxylic acids is 1. The highest BCUT2D eigenvalue weighted by Gasteiger charge is 2.26. The lowest BCUT2D eigenvalue weighted by Crippen LogP contribution is -2.43. The standard InChI is InChI=1S/C23H25N3O4/c1-15(2)11-12-26(23(30)25(4)14-24)21(27)18-9-7-17(8-10-18)20-13-19(22(28)29)6-5-16(20)3/h5-10,13,15H,11-12H2,1-4H3,(H,28,29). The Balaban J connectivity index is 2.34. The number of rotatable bonds is 6. The molecule has 7 heteroatoms. The van der Waals surface area contributed by atoms with Crippen molar-refractivity contribution in [3.63, 3.8) is 0 Å². The molecule has 156 valence electrons. The van der Waals surface area contributed by atoms with Gasteiger partial charge in [-0.05, 0) is 60.2 Å². The number of carbonyl (C=O) groups is 3. The van der Waals surface area contributed by atoms with Gasteiger partial charge in [0.25, 0.3) is 5.91 Å². The Morgan fingerprint density at radius 3 is 2.20 bits per heavy atom. The first-order valence-corrected chi connectivity index (χ1v) is 9.59. The monoisotopic (exact) mass is 407 g/mol. The number of carboxylic acid groups (broad SMARTS) is 1. The maximum atomic E-state index is 13.0. The smallest absolute Gasteiger partial charge is 0.339 e. The van der Waals surface area contributed by atoms with Gasteiger partial charge in [-0.1, -0.05) is 32.0 Å². The molecular formula is C23H25N3O4. The average Bonchev–Trinajstić information content (AvgIpc) is 2.73. The minimum absolute atomic E-state index is 0.181. The van der Waals surface area contributed by atoms with Crippen molar-refractivity contribution in [2.24, 2.45) is 5.92 Å². The van der Waals surface area contributed by atoms with Crippen molar-refractivity contribution in [3.8, 4) is 17.3 Å². The van der Waals surface area contributed by atoms with E-state index in [-0.39, 0.29) is 18.0 Å². The van der Waals surface area contributed by atoms with E-state index in [4.69, 9.17) is 5.26 Å². The molecule has 0 fully saturated rings. The number of benzene rings is 2. The number of hydrogen-bond donors (Lipinski definition) is 1. The van der Waals surface area contributed by atoms with Crippen LogP contribution in [0.4, 0.5) is 4.79 Å². The molecule has 2 aromatic carbocycles. The SMILES string of the molecule is Cc1ccc(C(=O)O)cc1-c1ccc(C(=O)N(CCC(C)C)C(=O)N(C)C#N)cc1. The lowest BCUT2D eigenvalue weighted by atomic mass is 9.97. The van der Waals surface area contributed by atoms with Gasteiger partial charge < -0.3 is 5.11 Å². The molecule has 0 saturated heterocycles. The molecule has 7 nitrogen and oxygen atoms in total. The van der Waals surface area contributed by atoms with E-state index < -0.39 is 17.9 Å². The van der Waals surface area contributed by atoms with Crippen LogP contribution in [0.3, 0.4) is 0 Å². The first-order valence-electron chi connectivity index (χ1n) is 9.59. The second kappa shape index (κ2) is 9.70. The van der Waals surface area contributed by atoms with Crippen LogP contribution in [0, 0.1) is 24.3 Å². The van der Waals surface area contributed by atoms with Gasteiger partial charge >= 0.3 is 12.0 Å². The van der Waals surface area contributed by atoms with Gasteiger partial charge in [0, 0.05) is 19.2 Å². The molecule has 0 radical (unpaired) electrons. The van der Waals surface area contributed by atoms with Gasteiger partial charge in [0.15, 0.2) is 6.19 Å². The lowest BCUT2D eigenvalue weighted by molar-refractivity contribution is 0.0695. The fourth-order valence-electron chi connectivity index (χ4n) is 2.91. The number of nitriles is 1. The second-order valence-electron chi connectivity index (χ2n) is 7.49. The largest absolute Gasteiger partial charge is 0.478 e. The van der Waals surface area contributed by atoms with Crippen LogP contribution in [0.1, 0.15) is 46.5 Å². The average molecular weight is 407 g/mol. The summed E-state index contributed by atoms with van der Waals surface area (Å²) in [6.45, 7) is 6.07. The number of aryl methyl sites for hydroxylation is 1. The topological polar surface area (TPSA) is 102 Å². The van der Waals surface area contributed by atoms with Crippen molar-refractivity contribution < 1.29 is 19.5 Å². The maximum absolute atomic E-state index is 13.0. The van der Waals surface area contributed by atoms with E-state index in [1.807, 2.05) is 20.8 Å². The summed E-state index contributed by atoms with van der Waals surface area (Å²) in [4.78, 5) is 38.6. The number of urea groups is 1. The van der Waals surface area contributed by atoms with E-state index in [0.29, 0.717) is 12.0 Å². The highest BCUT2D eigenvalue weighted by molar-refractivity contribution is 6.04. The first-order chi connectivity index (χ1) is 14.1. The molecule has 1 N–H and O–H groups in total. The molecule has 0 aliphatic rings. The third kappa shape index (κ3) is 5.23. The number of hydrogen-bond acceptors (Lipinski definition) is 4. The summed E-state index contributed by atoms with van der Waals surface area (Å²) in [5, 5.41) is 18.2. The van der Waals surface area contributed by atoms with Gasteiger partial charge in [-0.25, -0.2) is 14.5 Å². The minimum Gasteiger partial charge on any atom is -0.478 e. The van der Waals surface area contributed by atoms with Crippen LogP contribution >= 0.6 is 0 Å². The zero-order valence-electron chi connectivity index (χ0n) is 17.5. The molecule has 0 heterocycles. The van der Waals surface area contributed by atoms with Crippen molar-refractivity contribution in [1.29, 1.82) is 5.26 Å². The summed E-state index contributed by atoms with van der Waals surface area (Å²) < 4.78 is 0. The second-order valence-corrected chi connectivity index (χ2v) is 7.49. The molecule has 30 heavy (non-hydrogen) atoms. The molecule has 0 aromatic heterocycles. The molecule has 2 rings (SSSR count). The zero-order chi connectivity index (χ0) is 22.4. The maximum Gasteiger partial charge on any atom is 0.339 e. The van der Waals surface area contributed by atoms with Crippen LogP contribution < -0.4 is 0 Å². The van der Waals surface area contributed by atoms with Crippen molar-refractivity contribution in [3.05, 3.63) is 59.2 Å². The van der Waals surface area contributed by atoms with Gasteiger partial charge in [0.05, 0.1) is 5.56 Å². The van der Waals surface area contributed by atoms with Gasteiger partial charge in [0.2, 0.25) is 0 Å². The Morgan fingerprint density at radius 2 is 1.67 bits per heavy atom. The van der Waals surface area contributed by atoms with Crippen molar-refractivity contribution in [2.75, 3.05) is 13.6 Å². The summed E-state index contributed by atoms with van der Waals surface area (Å²) in [6, 6.07) is 10.9.